The highest BCUT2D eigenvalue weighted by molar-refractivity contribution is 7.89. The van der Waals surface area contributed by atoms with Crippen LogP contribution in [0.3, 0.4) is 0 Å². The van der Waals surface area contributed by atoms with Crippen LogP contribution in [0, 0.1) is 0 Å². The monoisotopic (exact) mass is 393 g/mol. The van der Waals surface area contributed by atoms with E-state index in [1.165, 1.54) is 6.07 Å². The standard InChI is InChI=1S/C12H12Cl2F3NO4S/c1-22-11(19)10(4-5-12(15,16)17)18-23(20,21)7-2-3-8(13)9(14)6-7/h2-3,6,10,18H,4-5H2,1H3. The molecule has 5 nitrogen and oxygen atoms in total. The number of esters is 1. The van der Waals surface area contributed by atoms with Crippen molar-refractivity contribution in [3.8, 4) is 0 Å². The molecule has 130 valence electrons. The molecule has 0 spiro atoms. The molecule has 1 aromatic rings. The number of carbonyl (C=O) groups excluding carboxylic acids is 1. The Labute approximate surface area is 140 Å². The average Bonchev–Trinajstić information content (AvgIpc) is 2.44. The lowest BCUT2D eigenvalue weighted by Crippen LogP contribution is -2.42. The van der Waals surface area contributed by atoms with Crippen molar-refractivity contribution >= 4 is 39.2 Å². The largest absolute Gasteiger partial charge is 0.468 e. The highest BCUT2D eigenvalue weighted by Gasteiger charge is 2.33. The van der Waals surface area contributed by atoms with Crippen molar-refractivity contribution in [3.63, 3.8) is 0 Å². The second kappa shape index (κ2) is 7.69. The second-order valence-corrected chi connectivity index (χ2v) is 6.96. The van der Waals surface area contributed by atoms with Crippen molar-refractivity contribution in [3.05, 3.63) is 28.2 Å². The summed E-state index contributed by atoms with van der Waals surface area (Å²) < 4.78 is 67.3. The van der Waals surface area contributed by atoms with Crippen LogP contribution in [-0.4, -0.2) is 33.7 Å². The fraction of sp³-hybridized carbons (Fsp3) is 0.417. The lowest BCUT2D eigenvalue weighted by Gasteiger charge is -2.17. The molecule has 1 aromatic carbocycles. The van der Waals surface area contributed by atoms with E-state index in [1.54, 1.807) is 0 Å². The molecule has 0 aromatic heterocycles. The molecule has 1 rings (SSSR count). The SMILES string of the molecule is COC(=O)C(CCC(F)(F)F)NS(=O)(=O)c1ccc(Cl)c(Cl)c1. The summed E-state index contributed by atoms with van der Waals surface area (Å²) in [5.74, 6) is -1.13. The zero-order valence-electron chi connectivity index (χ0n) is 11.7. The van der Waals surface area contributed by atoms with Crippen LogP contribution in [0.2, 0.25) is 10.0 Å². The molecule has 1 atom stereocenters. The van der Waals surface area contributed by atoms with Crippen LogP contribution in [-0.2, 0) is 19.6 Å². The number of hydrogen-bond acceptors (Lipinski definition) is 4. The van der Waals surface area contributed by atoms with Crippen LogP contribution in [0.4, 0.5) is 13.2 Å². The molecular weight excluding hydrogens is 382 g/mol. The van der Waals surface area contributed by atoms with E-state index in [1.807, 2.05) is 4.72 Å². The molecule has 0 aliphatic carbocycles. The van der Waals surface area contributed by atoms with Gasteiger partial charge in [0.2, 0.25) is 10.0 Å². The van der Waals surface area contributed by atoms with Gasteiger partial charge in [-0.2, -0.15) is 17.9 Å². The van der Waals surface area contributed by atoms with E-state index in [-0.39, 0.29) is 14.9 Å². The number of alkyl halides is 3. The first-order valence-corrected chi connectivity index (χ1v) is 8.32. The first-order chi connectivity index (χ1) is 10.5. The van der Waals surface area contributed by atoms with Gasteiger partial charge in [0.25, 0.3) is 0 Å². The minimum absolute atomic E-state index is 0.0561. The summed E-state index contributed by atoms with van der Waals surface area (Å²) >= 11 is 11.4. The Morgan fingerprint density at radius 3 is 2.39 bits per heavy atom. The van der Waals surface area contributed by atoms with Crippen LogP contribution in [0.15, 0.2) is 23.1 Å². The van der Waals surface area contributed by atoms with Crippen molar-refractivity contribution in [2.75, 3.05) is 7.11 Å². The van der Waals surface area contributed by atoms with Crippen molar-refractivity contribution in [2.24, 2.45) is 0 Å². The number of carbonyl (C=O) groups is 1. The van der Waals surface area contributed by atoms with E-state index >= 15 is 0 Å². The molecule has 0 fully saturated rings. The first kappa shape index (κ1) is 20.0. The summed E-state index contributed by atoms with van der Waals surface area (Å²) in [7, 11) is -3.34. The van der Waals surface area contributed by atoms with E-state index in [0.717, 1.165) is 19.2 Å². The van der Waals surface area contributed by atoms with Gasteiger partial charge < -0.3 is 4.74 Å². The third-order valence-corrected chi connectivity index (χ3v) is 4.91. The average molecular weight is 394 g/mol. The Hall–Kier alpha value is -1.03. The highest BCUT2D eigenvalue weighted by Crippen LogP contribution is 2.26. The molecule has 0 amide bonds. The molecule has 0 heterocycles. The number of hydrogen-bond donors (Lipinski definition) is 1. The van der Waals surface area contributed by atoms with Crippen LogP contribution in [0.25, 0.3) is 0 Å². The van der Waals surface area contributed by atoms with Gasteiger partial charge in [0.1, 0.15) is 6.04 Å². The number of nitrogens with one attached hydrogen (secondary N) is 1. The number of sulfonamides is 1. The van der Waals surface area contributed by atoms with E-state index < -0.39 is 41.1 Å². The minimum Gasteiger partial charge on any atom is -0.468 e. The van der Waals surface area contributed by atoms with Gasteiger partial charge in [0, 0.05) is 6.42 Å². The second-order valence-electron chi connectivity index (χ2n) is 4.43. The van der Waals surface area contributed by atoms with Crippen LogP contribution in [0.1, 0.15) is 12.8 Å². The molecular formula is C12H12Cl2F3NO4S. The quantitative estimate of drug-likeness (QED) is 0.753. The van der Waals surface area contributed by atoms with Crippen molar-refractivity contribution in [2.45, 2.75) is 30.0 Å². The van der Waals surface area contributed by atoms with E-state index in [9.17, 15) is 26.4 Å². The maximum atomic E-state index is 12.3. The molecule has 1 N–H and O–H groups in total. The van der Waals surface area contributed by atoms with Crippen molar-refractivity contribution in [1.29, 1.82) is 0 Å². The van der Waals surface area contributed by atoms with E-state index in [0.29, 0.717) is 0 Å². The van der Waals surface area contributed by atoms with Gasteiger partial charge in [-0.05, 0) is 24.6 Å². The number of rotatable bonds is 6. The summed E-state index contributed by atoms with van der Waals surface area (Å²) in [4.78, 5) is 11.2. The Morgan fingerprint density at radius 2 is 1.91 bits per heavy atom. The third-order valence-electron chi connectivity index (χ3n) is 2.70. The Kier molecular flexibility index (Phi) is 6.70. The van der Waals surface area contributed by atoms with Gasteiger partial charge in [-0.3, -0.25) is 4.79 Å². The number of halogens is 5. The zero-order chi connectivity index (χ0) is 17.8. The molecule has 23 heavy (non-hydrogen) atoms. The van der Waals surface area contributed by atoms with Gasteiger partial charge in [0.15, 0.2) is 0 Å². The van der Waals surface area contributed by atoms with Crippen molar-refractivity contribution in [1.82, 2.24) is 4.72 Å². The molecule has 0 bridgehead atoms. The zero-order valence-corrected chi connectivity index (χ0v) is 14.0. The minimum atomic E-state index is -4.54. The molecule has 1 unspecified atom stereocenters. The summed E-state index contributed by atoms with van der Waals surface area (Å²) in [6, 6.07) is 1.65. The molecule has 0 aliphatic heterocycles. The maximum Gasteiger partial charge on any atom is 0.389 e. The number of methoxy groups -OCH3 is 1. The highest BCUT2D eigenvalue weighted by atomic mass is 35.5. The Bertz CT molecular complexity index is 679. The van der Waals surface area contributed by atoms with Crippen molar-refractivity contribution < 1.29 is 31.1 Å². The third kappa shape index (κ3) is 6.17. The predicted octanol–water partition coefficient (Wildman–Crippen LogP) is 3.16. The van der Waals surface area contributed by atoms with Gasteiger partial charge in [-0.25, -0.2) is 8.42 Å². The number of ether oxygens (including phenoxy) is 1. The number of benzene rings is 1. The normalized spacial score (nSPS) is 13.7. The van der Waals surface area contributed by atoms with E-state index in [2.05, 4.69) is 4.74 Å². The van der Waals surface area contributed by atoms with E-state index in [4.69, 9.17) is 23.2 Å². The lowest BCUT2D eigenvalue weighted by molar-refractivity contribution is -0.148. The lowest BCUT2D eigenvalue weighted by atomic mass is 10.2. The smallest absolute Gasteiger partial charge is 0.389 e. The molecule has 0 aliphatic rings. The van der Waals surface area contributed by atoms with Crippen LogP contribution >= 0.6 is 23.2 Å². The molecule has 0 saturated heterocycles. The molecule has 0 radical (unpaired) electrons. The summed E-state index contributed by atoms with van der Waals surface area (Å²) in [5.41, 5.74) is 0. The van der Waals surface area contributed by atoms with Gasteiger partial charge in [0.05, 0.1) is 22.1 Å². The topological polar surface area (TPSA) is 72.5 Å². The van der Waals surface area contributed by atoms with Gasteiger partial charge in [-0.1, -0.05) is 23.2 Å². The predicted molar refractivity (Wildman–Crippen MR) is 77.9 cm³/mol. The summed E-state index contributed by atoms with van der Waals surface area (Å²) in [5, 5.41) is 0.0478. The fourth-order valence-corrected chi connectivity index (χ4v) is 3.18. The molecule has 11 heteroatoms. The summed E-state index contributed by atoms with van der Waals surface area (Å²) in [6.07, 6.45) is -6.69. The maximum absolute atomic E-state index is 12.3. The fourth-order valence-electron chi connectivity index (χ4n) is 1.57. The van der Waals surface area contributed by atoms with Crippen LogP contribution in [0.5, 0.6) is 0 Å². The van der Waals surface area contributed by atoms with Crippen LogP contribution < -0.4 is 4.72 Å². The summed E-state index contributed by atoms with van der Waals surface area (Å²) in [6.45, 7) is 0. The van der Waals surface area contributed by atoms with Gasteiger partial charge >= 0.3 is 12.1 Å². The Morgan fingerprint density at radius 1 is 1.30 bits per heavy atom. The molecule has 0 saturated carbocycles. The van der Waals surface area contributed by atoms with Gasteiger partial charge in [-0.15, -0.1) is 0 Å². The Balaban J connectivity index is 3.00. The first-order valence-electron chi connectivity index (χ1n) is 6.08.